The number of allylic oxidation sites excluding steroid dienone is 24. The molecular weight excluding hydrogens is 1380 g/mol. The number of nitrogens with one attached hydrogen (secondary N) is 8. The third kappa shape index (κ3) is 34.7. The van der Waals surface area contributed by atoms with Gasteiger partial charge in [-0.1, -0.05) is 146 Å². The lowest BCUT2D eigenvalue weighted by Gasteiger charge is -2.29. The smallest absolute Gasteiger partial charge is 0.247 e. The number of amides is 8. The van der Waals surface area contributed by atoms with Crippen molar-refractivity contribution in [2.45, 2.75) is 141 Å². The molecular formula is C88H128N14O8. The summed E-state index contributed by atoms with van der Waals surface area (Å²) in [5.41, 5.74) is 6.30. The van der Waals surface area contributed by atoms with Crippen molar-refractivity contribution >= 4 is 47.3 Å². The van der Waals surface area contributed by atoms with Crippen LogP contribution in [0.1, 0.15) is 141 Å². The van der Waals surface area contributed by atoms with Crippen LogP contribution in [0.5, 0.6) is 0 Å². The topological polar surface area (TPSA) is 252 Å². The maximum atomic E-state index is 13.0. The number of unbranched alkanes of at least 4 members (excludes halogenated alkanes) is 1. The van der Waals surface area contributed by atoms with Crippen LogP contribution in [-0.4, -0.2) is 247 Å². The van der Waals surface area contributed by atoms with Crippen molar-refractivity contribution in [1.29, 1.82) is 0 Å². The van der Waals surface area contributed by atoms with E-state index in [1.54, 1.807) is 0 Å². The number of hydrogen-bond acceptors (Lipinski definition) is 14. The molecule has 22 heteroatoms. The molecule has 0 aromatic carbocycles. The molecule has 0 heterocycles. The summed E-state index contributed by atoms with van der Waals surface area (Å²) in [6.07, 6.45) is 64.1. The molecule has 8 amide bonds. The summed E-state index contributed by atoms with van der Waals surface area (Å²) in [6, 6.07) is 0. The van der Waals surface area contributed by atoms with Gasteiger partial charge in [0, 0.05) is 96.9 Å². The highest BCUT2D eigenvalue weighted by molar-refractivity contribution is 5.98. The van der Waals surface area contributed by atoms with Gasteiger partial charge in [-0.2, -0.15) is 0 Å². The highest BCUT2D eigenvalue weighted by atomic mass is 16.2. The van der Waals surface area contributed by atoms with Crippen molar-refractivity contribution in [3.63, 3.8) is 0 Å². The van der Waals surface area contributed by atoms with Gasteiger partial charge in [0.15, 0.2) is 0 Å². The third-order valence-electron chi connectivity index (χ3n) is 21.0. The van der Waals surface area contributed by atoms with Gasteiger partial charge in [-0.05, 0) is 259 Å². The van der Waals surface area contributed by atoms with Crippen LogP contribution in [-0.2, 0) is 38.4 Å². The van der Waals surface area contributed by atoms with Crippen molar-refractivity contribution in [2.24, 2.45) is 0 Å². The Morgan fingerprint density at radius 2 is 0.300 bits per heavy atom. The molecule has 8 aliphatic carbocycles. The molecule has 8 aliphatic rings. The normalized spacial score (nSPS) is 15.7. The second kappa shape index (κ2) is 52.5. The van der Waals surface area contributed by atoms with Gasteiger partial charge in [-0.3, -0.25) is 38.4 Å². The van der Waals surface area contributed by atoms with Gasteiger partial charge < -0.3 is 71.9 Å². The van der Waals surface area contributed by atoms with E-state index in [2.05, 4.69) is 71.9 Å². The lowest BCUT2D eigenvalue weighted by molar-refractivity contribution is -0.118. The molecule has 0 aromatic rings. The average Bonchev–Trinajstić information content (AvgIpc) is 1.66. The van der Waals surface area contributed by atoms with E-state index in [0.29, 0.717) is 104 Å². The van der Waals surface area contributed by atoms with Crippen LogP contribution in [0.4, 0.5) is 0 Å². The van der Waals surface area contributed by atoms with E-state index < -0.39 is 0 Å². The summed E-state index contributed by atoms with van der Waals surface area (Å²) in [5, 5.41) is 25.2. The average molecular weight is 1510 g/mol. The molecule has 0 spiro atoms. The number of rotatable bonds is 61. The second-order valence-electron chi connectivity index (χ2n) is 29.6. The molecule has 0 saturated heterocycles. The predicted molar refractivity (Wildman–Crippen MR) is 442 cm³/mol. The fraction of sp³-hybridized carbons (Fsp3) is 0.545. The number of hydrogen-bond donors (Lipinski definition) is 8. The molecule has 0 fully saturated rings. The summed E-state index contributed by atoms with van der Waals surface area (Å²) >= 11 is 0. The lowest BCUT2D eigenvalue weighted by atomic mass is 10.2. The standard InChI is InChI=1S/C88H128N14O8/c103-81(73-31-1-2-32-73)89-47-19-57-99(58-20-48-90-82(104)74-33-3-4-34-74)69-27-65-97(66-28-70-100(59-21-49-91-83(105)75-35-5-6-36-75)60-22-50-92-84(106)76-37-7-8-38-76)55-17-18-56-98(67-29-71-101(61-23-51-93-85(107)77-39-9-10-40-77)62-24-52-94-86(108)78-41-11-12-42-78)68-30-72-102(63-25-53-95-87(109)79-43-13-14-44-79)64-26-54-96-88(110)80-45-15-16-46-80/h1-16,31,33,35,37,39,41,43,45H,17-30,32,34,36,38,40,42,44,46-72H2,(H,89,103)(H,90,104)(H,91,105)(H,92,106)(H,93,107)(H,94,108)(H,95,109)(H,96,110). The monoisotopic (exact) mass is 1510 g/mol. The van der Waals surface area contributed by atoms with Crippen LogP contribution >= 0.6 is 0 Å². The van der Waals surface area contributed by atoms with Crippen LogP contribution in [0.2, 0.25) is 0 Å². The van der Waals surface area contributed by atoms with Crippen LogP contribution in [0.15, 0.2) is 190 Å². The van der Waals surface area contributed by atoms with E-state index in [9.17, 15) is 38.4 Å². The zero-order valence-corrected chi connectivity index (χ0v) is 65.7. The van der Waals surface area contributed by atoms with Gasteiger partial charge in [0.2, 0.25) is 47.3 Å². The summed E-state index contributed by atoms with van der Waals surface area (Å²) in [7, 11) is 0. The van der Waals surface area contributed by atoms with Crippen LogP contribution in [0.3, 0.4) is 0 Å². The molecule has 0 aliphatic heterocycles. The Morgan fingerprint density at radius 3 is 0.418 bits per heavy atom. The molecule has 110 heavy (non-hydrogen) atoms. The van der Waals surface area contributed by atoms with Crippen molar-refractivity contribution in [1.82, 2.24) is 71.9 Å². The van der Waals surface area contributed by atoms with E-state index in [1.165, 1.54) is 0 Å². The summed E-state index contributed by atoms with van der Waals surface area (Å²) in [5.74, 6) is -0.0909. The zero-order valence-electron chi connectivity index (χ0n) is 65.7. The number of nitrogens with zero attached hydrogens (tertiary/aromatic N) is 6. The molecule has 8 N–H and O–H groups in total. The zero-order chi connectivity index (χ0) is 77.3. The van der Waals surface area contributed by atoms with E-state index in [-0.39, 0.29) is 47.3 Å². The van der Waals surface area contributed by atoms with E-state index in [0.717, 1.165) is 252 Å². The Balaban J connectivity index is 0.930. The molecule has 0 unspecified atom stereocenters. The molecule has 8 rings (SSSR count). The van der Waals surface area contributed by atoms with Gasteiger partial charge >= 0.3 is 0 Å². The van der Waals surface area contributed by atoms with Gasteiger partial charge in [0.05, 0.1) is 0 Å². The number of carbonyl (C=O) groups is 8. The van der Waals surface area contributed by atoms with Crippen molar-refractivity contribution in [3.8, 4) is 0 Å². The van der Waals surface area contributed by atoms with Crippen molar-refractivity contribution in [2.75, 3.05) is 170 Å². The van der Waals surface area contributed by atoms with E-state index in [4.69, 9.17) is 0 Å². The van der Waals surface area contributed by atoms with Gasteiger partial charge in [0.1, 0.15) is 0 Å². The fourth-order valence-electron chi connectivity index (χ4n) is 14.6. The quantitative estimate of drug-likeness (QED) is 0.0267. The predicted octanol–water partition coefficient (Wildman–Crippen LogP) is 8.28. The van der Waals surface area contributed by atoms with Gasteiger partial charge in [0.25, 0.3) is 0 Å². The minimum absolute atomic E-state index is 0.0114. The van der Waals surface area contributed by atoms with Gasteiger partial charge in [-0.25, -0.2) is 0 Å². The maximum Gasteiger partial charge on any atom is 0.247 e. The van der Waals surface area contributed by atoms with E-state index >= 15 is 0 Å². The molecule has 0 saturated carbocycles. The third-order valence-corrected chi connectivity index (χ3v) is 21.0. The Morgan fingerprint density at radius 1 is 0.182 bits per heavy atom. The maximum absolute atomic E-state index is 13.0. The highest BCUT2D eigenvalue weighted by Crippen LogP contribution is 2.18. The Labute approximate surface area is 656 Å². The first-order valence-corrected chi connectivity index (χ1v) is 41.4. The molecule has 22 nitrogen and oxygen atoms in total. The minimum atomic E-state index is -0.0114. The summed E-state index contributed by atoms with van der Waals surface area (Å²) in [6.45, 7) is 20.2. The first-order valence-electron chi connectivity index (χ1n) is 41.4. The first kappa shape index (κ1) is 86.9. The lowest BCUT2D eigenvalue weighted by Crippen LogP contribution is -2.37. The number of carbonyl (C=O) groups excluding carboxylic acids is 8. The van der Waals surface area contributed by atoms with Gasteiger partial charge in [-0.15, -0.1) is 0 Å². The van der Waals surface area contributed by atoms with Crippen LogP contribution in [0, 0.1) is 0 Å². The Bertz CT molecular complexity index is 2880. The Hall–Kier alpha value is -8.64. The molecule has 0 bridgehead atoms. The van der Waals surface area contributed by atoms with Crippen LogP contribution < -0.4 is 42.5 Å². The molecule has 598 valence electrons. The summed E-state index contributed by atoms with van der Waals surface area (Å²) < 4.78 is 0. The fourth-order valence-corrected chi connectivity index (χ4v) is 14.6. The largest absolute Gasteiger partial charge is 0.352 e. The second-order valence-corrected chi connectivity index (χ2v) is 29.6. The minimum Gasteiger partial charge on any atom is -0.352 e. The molecule has 0 radical (unpaired) electrons. The Kier molecular flexibility index (Phi) is 41.5. The van der Waals surface area contributed by atoms with Crippen LogP contribution in [0.25, 0.3) is 0 Å². The summed E-state index contributed by atoms with van der Waals surface area (Å²) in [4.78, 5) is 119. The first-order chi connectivity index (χ1) is 53.9. The molecule has 0 aromatic heterocycles. The highest BCUT2D eigenvalue weighted by Gasteiger charge is 2.21. The van der Waals surface area contributed by atoms with E-state index in [1.807, 2.05) is 146 Å². The molecule has 0 atom stereocenters. The van der Waals surface area contributed by atoms with Crippen molar-refractivity contribution < 1.29 is 38.4 Å². The van der Waals surface area contributed by atoms with Crippen molar-refractivity contribution in [3.05, 3.63) is 190 Å². The SMILES string of the molecule is O=C(NCCCN(CCCNC(=O)C1=CC=CC1)CCCN(CCCCN(CCCN(CCCNC(=O)C1=CC=CC1)CCCNC(=O)C1=CC=CC1)CCCN(CCCNC(=O)C1=CC=CC1)CCCNC(=O)C1=CC=CC1)CCCN(CCCNC(=O)C1=CC=CC1)CCCNC(=O)C1=CC=CC1)C1=CC=CC1.